The van der Waals surface area contributed by atoms with Gasteiger partial charge in [0, 0.05) is 20.5 Å². The molecule has 18 heavy (non-hydrogen) atoms. The van der Waals surface area contributed by atoms with Gasteiger partial charge in [-0.2, -0.15) is 0 Å². The lowest BCUT2D eigenvalue weighted by atomic mass is 10.0. The number of nitrogens with one attached hydrogen (secondary N) is 1. The van der Waals surface area contributed by atoms with Gasteiger partial charge in [-0.05, 0) is 17.7 Å². The molecule has 0 aromatic heterocycles. The highest BCUT2D eigenvalue weighted by atomic mass is 19.1. The van der Waals surface area contributed by atoms with Crippen LogP contribution in [0.3, 0.4) is 0 Å². The Morgan fingerprint density at radius 1 is 1.39 bits per heavy atom. The number of halogens is 1. The molecule has 0 aliphatic carbocycles. The molecule has 0 bridgehead atoms. The minimum absolute atomic E-state index is 0.197. The number of hydrogen-bond acceptors (Lipinski definition) is 2. The topological polar surface area (TPSA) is 69.6 Å². The Kier molecular flexibility index (Phi) is 4.65. The Morgan fingerprint density at radius 2 is 1.94 bits per heavy atom. The van der Waals surface area contributed by atoms with E-state index in [2.05, 4.69) is 5.32 Å². The van der Waals surface area contributed by atoms with Gasteiger partial charge in [-0.3, -0.25) is 9.69 Å². The zero-order valence-corrected chi connectivity index (χ0v) is 10.2. The fourth-order valence-electron chi connectivity index (χ4n) is 1.55. The Hall–Kier alpha value is -2.11. The second-order valence-corrected chi connectivity index (χ2v) is 3.85. The first-order chi connectivity index (χ1) is 8.45. The fraction of sp³-hybridized carbons (Fsp3) is 0.333. The Balaban J connectivity index is 2.88. The van der Waals surface area contributed by atoms with Crippen molar-refractivity contribution < 1.29 is 19.1 Å². The molecule has 0 aliphatic rings. The molecule has 1 rings (SSSR count). The van der Waals surface area contributed by atoms with Gasteiger partial charge in [0.1, 0.15) is 11.9 Å². The van der Waals surface area contributed by atoms with Crippen LogP contribution >= 0.6 is 0 Å². The number of benzene rings is 1. The van der Waals surface area contributed by atoms with Crippen LogP contribution in [0.1, 0.15) is 5.56 Å². The zero-order valence-electron chi connectivity index (χ0n) is 10.2. The van der Waals surface area contributed by atoms with E-state index in [-0.39, 0.29) is 12.2 Å². The first kappa shape index (κ1) is 14.0. The molecule has 1 aromatic rings. The minimum atomic E-state index is -1.19. The maximum absolute atomic E-state index is 12.8. The molecule has 2 amide bonds. The molecule has 0 saturated heterocycles. The van der Waals surface area contributed by atoms with Gasteiger partial charge in [-0.15, -0.1) is 0 Å². The maximum Gasteiger partial charge on any atom is 0.407 e. The third-order valence-corrected chi connectivity index (χ3v) is 2.66. The van der Waals surface area contributed by atoms with E-state index in [1.54, 1.807) is 0 Å². The van der Waals surface area contributed by atoms with Crippen molar-refractivity contribution in [1.29, 1.82) is 0 Å². The molecule has 6 heteroatoms. The summed E-state index contributed by atoms with van der Waals surface area (Å²) in [6.07, 6.45) is -0.992. The fourth-order valence-corrected chi connectivity index (χ4v) is 1.55. The number of carbonyl (C=O) groups excluding carboxylic acids is 1. The first-order valence-corrected chi connectivity index (χ1v) is 5.37. The third kappa shape index (κ3) is 3.44. The molecule has 0 saturated carbocycles. The van der Waals surface area contributed by atoms with Crippen LogP contribution in [-0.4, -0.2) is 42.1 Å². The van der Waals surface area contributed by atoms with Crippen LogP contribution in [0, 0.1) is 5.82 Å². The lowest BCUT2D eigenvalue weighted by molar-refractivity contribution is -0.124. The Bertz CT molecular complexity index is 433. The monoisotopic (exact) mass is 254 g/mol. The summed E-state index contributed by atoms with van der Waals surface area (Å²) >= 11 is 0. The standard InChI is InChI=1S/C12H15FN2O3/c1-14-11(16)10(15(2)12(17)18)7-8-3-5-9(13)6-4-8/h3-6,10H,7H2,1-2H3,(H,14,16)(H,17,18)/t10-/m1/s1. The summed E-state index contributed by atoms with van der Waals surface area (Å²) in [5.74, 6) is -0.772. The second-order valence-electron chi connectivity index (χ2n) is 3.85. The number of likely N-dealkylation sites (N-methyl/N-ethyl adjacent to an activating group) is 2. The second kappa shape index (κ2) is 6.00. The molecule has 98 valence electrons. The highest BCUT2D eigenvalue weighted by molar-refractivity contribution is 5.85. The van der Waals surface area contributed by atoms with Crippen LogP contribution in [0.2, 0.25) is 0 Å². The lowest BCUT2D eigenvalue weighted by Gasteiger charge is -2.24. The van der Waals surface area contributed by atoms with E-state index in [0.717, 1.165) is 4.90 Å². The highest BCUT2D eigenvalue weighted by Gasteiger charge is 2.25. The number of carboxylic acid groups (broad SMARTS) is 1. The van der Waals surface area contributed by atoms with Crippen molar-refractivity contribution >= 4 is 12.0 Å². The Labute approximate surface area is 104 Å². The SMILES string of the molecule is CNC(=O)[C@@H](Cc1ccc(F)cc1)N(C)C(=O)O. The van der Waals surface area contributed by atoms with Crippen molar-refractivity contribution in [2.24, 2.45) is 0 Å². The van der Waals surface area contributed by atoms with Crippen LogP contribution in [0.25, 0.3) is 0 Å². The summed E-state index contributed by atoms with van der Waals surface area (Å²) in [5.41, 5.74) is 0.693. The summed E-state index contributed by atoms with van der Waals surface area (Å²) < 4.78 is 12.8. The van der Waals surface area contributed by atoms with Gasteiger partial charge in [0.05, 0.1) is 0 Å². The van der Waals surface area contributed by atoms with Crippen LogP contribution in [0.5, 0.6) is 0 Å². The third-order valence-electron chi connectivity index (χ3n) is 2.66. The highest BCUT2D eigenvalue weighted by Crippen LogP contribution is 2.10. The van der Waals surface area contributed by atoms with Gasteiger partial charge in [-0.1, -0.05) is 12.1 Å². The number of amides is 2. The van der Waals surface area contributed by atoms with Crippen molar-refractivity contribution in [3.63, 3.8) is 0 Å². The lowest BCUT2D eigenvalue weighted by Crippen LogP contribution is -2.47. The van der Waals surface area contributed by atoms with Gasteiger partial charge in [0.15, 0.2) is 0 Å². The summed E-state index contributed by atoms with van der Waals surface area (Å²) in [5, 5.41) is 11.3. The molecule has 0 unspecified atom stereocenters. The molecule has 0 spiro atoms. The van der Waals surface area contributed by atoms with Gasteiger partial charge in [-0.25, -0.2) is 9.18 Å². The average molecular weight is 254 g/mol. The van der Waals surface area contributed by atoms with E-state index < -0.39 is 18.0 Å². The molecule has 1 atom stereocenters. The van der Waals surface area contributed by atoms with Crippen molar-refractivity contribution in [1.82, 2.24) is 10.2 Å². The van der Waals surface area contributed by atoms with E-state index >= 15 is 0 Å². The van der Waals surface area contributed by atoms with Crippen LogP contribution in [0.4, 0.5) is 9.18 Å². The largest absolute Gasteiger partial charge is 0.465 e. The molecule has 0 heterocycles. The molecule has 2 N–H and O–H groups in total. The molecule has 0 fully saturated rings. The van der Waals surface area contributed by atoms with Crippen molar-refractivity contribution in [3.05, 3.63) is 35.6 Å². The van der Waals surface area contributed by atoms with Gasteiger partial charge < -0.3 is 10.4 Å². The Morgan fingerprint density at radius 3 is 2.39 bits per heavy atom. The molecule has 0 aliphatic heterocycles. The predicted molar refractivity (Wildman–Crippen MR) is 63.7 cm³/mol. The number of nitrogens with zero attached hydrogens (tertiary/aromatic N) is 1. The van der Waals surface area contributed by atoms with E-state index in [4.69, 9.17) is 5.11 Å². The molecule has 5 nitrogen and oxygen atoms in total. The van der Waals surface area contributed by atoms with E-state index in [0.29, 0.717) is 5.56 Å². The normalized spacial score (nSPS) is 11.7. The summed E-state index contributed by atoms with van der Waals surface area (Å²) in [6.45, 7) is 0. The van der Waals surface area contributed by atoms with Crippen LogP contribution in [0.15, 0.2) is 24.3 Å². The van der Waals surface area contributed by atoms with E-state index in [9.17, 15) is 14.0 Å². The molecular weight excluding hydrogens is 239 g/mol. The van der Waals surface area contributed by atoms with Crippen LogP contribution < -0.4 is 5.32 Å². The molecular formula is C12H15FN2O3. The van der Waals surface area contributed by atoms with Gasteiger partial charge in [0.2, 0.25) is 5.91 Å². The average Bonchev–Trinajstić information content (AvgIpc) is 2.36. The van der Waals surface area contributed by atoms with Crippen molar-refractivity contribution in [2.45, 2.75) is 12.5 Å². The van der Waals surface area contributed by atoms with Crippen LogP contribution in [-0.2, 0) is 11.2 Å². The van der Waals surface area contributed by atoms with Crippen molar-refractivity contribution in [3.8, 4) is 0 Å². The first-order valence-electron chi connectivity index (χ1n) is 5.37. The summed E-state index contributed by atoms with van der Waals surface area (Å²) in [4.78, 5) is 23.5. The van der Waals surface area contributed by atoms with Crippen molar-refractivity contribution in [2.75, 3.05) is 14.1 Å². The summed E-state index contributed by atoms with van der Waals surface area (Å²) in [7, 11) is 2.77. The predicted octanol–water partition coefficient (Wildman–Crippen LogP) is 1.09. The van der Waals surface area contributed by atoms with E-state index in [1.807, 2.05) is 0 Å². The number of hydrogen-bond donors (Lipinski definition) is 2. The summed E-state index contributed by atoms with van der Waals surface area (Å²) in [6, 6.07) is 4.77. The quantitative estimate of drug-likeness (QED) is 0.845. The molecule has 1 aromatic carbocycles. The minimum Gasteiger partial charge on any atom is -0.465 e. The smallest absolute Gasteiger partial charge is 0.407 e. The molecule has 0 radical (unpaired) electrons. The van der Waals surface area contributed by atoms with Gasteiger partial charge >= 0.3 is 6.09 Å². The maximum atomic E-state index is 12.8. The zero-order chi connectivity index (χ0) is 13.7. The van der Waals surface area contributed by atoms with E-state index in [1.165, 1.54) is 38.4 Å². The number of carbonyl (C=O) groups is 2. The number of rotatable bonds is 4. The van der Waals surface area contributed by atoms with Gasteiger partial charge in [0.25, 0.3) is 0 Å².